The minimum absolute atomic E-state index is 0.218. The Bertz CT molecular complexity index is 738. The molecule has 2 aromatic heterocycles. The highest BCUT2D eigenvalue weighted by molar-refractivity contribution is 7.99. The number of aryl methyl sites for hydroxylation is 1. The van der Waals surface area contributed by atoms with E-state index >= 15 is 0 Å². The van der Waals surface area contributed by atoms with Crippen LogP contribution in [0, 0.1) is 6.92 Å². The summed E-state index contributed by atoms with van der Waals surface area (Å²) in [7, 11) is 0. The van der Waals surface area contributed by atoms with Gasteiger partial charge >= 0.3 is 0 Å². The normalized spacial score (nSPS) is 11.1. The molecule has 21 heavy (non-hydrogen) atoms. The molecule has 2 heterocycles. The lowest BCUT2D eigenvalue weighted by atomic mass is 10.1. The van der Waals surface area contributed by atoms with Crippen LogP contribution >= 0.6 is 23.1 Å². The lowest BCUT2D eigenvalue weighted by Gasteiger charge is -2.05. The van der Waals surface area contributed by atoms with Crippen LogP contribution in [0.2, 0.25) is 0 Å². The van der Waals surface area contributed by atoms with Crippen molar-refractivity contribution < 1.29 is 5.11 Å². The first-order valence-corrected chi connectivity index (χ1v) is 8.69. The van der Waals surface area contributed by atoms with Crippen molar-refractivity contribution in [3.8, 4) is 11.1 Å². The fourth-order valence-electron chi connectivity index (χ4n) is 2.14. The zero-order valence-electron chi connectivity index (χ0n) is 11.7. The van der Waals surface area contributed by atoms with Gasteiger partial charge in [-0.2, -0.15) is 0 Å². The van der Waals surface area contributed by atoms with Crippen molar-refractivity contribution in [3.63, 3.8) is 0 Å². The van der Waals surface area contributed by atoms with E-state index in [9.17, 15) is 0 Å². The van der Waals surface area contributed by atoms with Crippen LogP contribution in [0.15, 0.2) is 41.0 Å². The summed E-state index contributed by atoms with van der Waals surface area (Å²) in [6.07, 6.45) is 2.40. The van der Waals surface area contributed by atoms with Gasteiger partial charge in [0.25, 0.3) is 0 Å². The summed E-state index contributed by atoms with van der Waals surface area (Å²) < 4.78 is 0. The van der Waals surface area contributed by atoms with Crippen molar-refractivity contribution in [1.82, 2.24) is 9.97 Å². The molecule has 0 bridgehead atoms. The van der Waals surface area contributed by atoms with Gasteiger partial charge in [0.2, 0.25) is 0 Å². The molecule has 1 aromatic carbocycles. The molecule has 5 heteroatoms. The molecule has 1 N–H and O–H groups in total. The van der Waals surface area contributed by atoms with Gasteiger partial charge in [-0.1, -0.05) is 29.8 Å². The van der Waals surface area contributed by atoms with Gasteiger partial charge in [-0.25, -0.2) is 9.97 Å². The van der Waals surface area contributed by atoms with Gasteiger partial charge < -0.3 is 5.11 Å². The summed E-state index contributed by atoms with van der Waals surface area (Å²) in [4.78, 5) is 9.83. The number of hydrogen-bond donors (Lipinski definition) is 1. The van der Waals surface area contributed by atoms with Crippen LogP contribution in [0.1, 0.15) is 12.0 Å². The molecule has 0 aliphatic heterocycles. The number of hydrogen-bond acceptors (Lipinski definition) is 5. The first-order chi connectivity index (χ1) is 10.3. The molecule has 3 nitrogen and oxygen atoms in total. The van der Waals surface area contributed by atoms with E-state index in [1.807, 2.05) is 0 Å². The number of aliphatic hydroxyl groups excluding tert-OH is 1. The molecule has 0 fully saturated rings. The minimum Gasteiger partial charge on any atom is -0.396 e. The smallest absolute Gasteiger partial charge is 0.128 e. The summed E-state index contributed by atoms with van der Waals surface area (Å²) in [5, 5.41) is 13.2. The van der Waals surface area contributed by atoms with E-state index in [0.29, 0.717) is 0 Å². The Morgan fingerprint density at radius 1 is 1.19 bits per heavy atom. The van der Waals surface area contributed by atoms with Crippen LogP contribution < -0.4 is 0 Å². The van der Waals surface area contributed by atoms with Crippen LogP contribution in [0.4, 0.5) is 0 Å². The molecule has 0 saturated carbocycles. The Morgan fingerprint density at radius 3 is 2.76 bits per heavy atom. The Morgan fingerprint density at radius 2 is 2.00 bits per heavy atom. The molecular formula is C16H16N2OS2. The van der Waals surface area contributed by atoms with Crippen molar-refractivity contribution in [2.24, 2.45) is 0 Å². The van der Waals surface area contributed by atoms with Gasteiger partial charge in [-0.05, 0) is 18.9 Å². The van der Waals surface area contributed by atoms with Crippen molar-refractivity contribution in [3.05, 3.63) is 41.5 Å². The second kappa shape index (κ2) is 6.56. The summed E-state index contributed by atoms with van der Waals surface area (Å²) in [6, 6.07) is 8.54. The number of nitrogens with zero attached hydrogens (tertiary/aromatic N) is 2. The third-order valence-corrected chi connectivity index (χ3v) is 5.20. The number of fused-ring (bicyclic) bond motifs is 1. The molecule has 3 aromatic rings. The molecule has 3 rings (SSSR count). The molecule has 0 spiro atoms. The molecule has 0 atom stereocenters. The second-order valence-electron chi connectivity index (χ2n) is 4.80. The Balaban J connectivity index is 2.04. The predicted octanol–water partition coefficient (Wildman–Crippen LogP) is 4.14. The molecular weight excluding hydrogens is 300 g/mol. The van der Waals surface area contributed by atoms with E-state index in [2.05, 4.69) is 46.5 Å². The maximum absolute atomic E-state index is 8.93. The average Bonchev–Trinajstić information content (AvgIpc) is 2.93. The Kier molecular flexibility index (Phi) is 4.53. The largest absolute Gasteiger partial charge is 0.396 e. The van der Waals surface area contributed by atoms with E-state index in [-0.39, 0.29) is 6.61 Å². The number of aromatic nitrogens is 2. The number of thiophene rings is 1. The zero-order valence-corrected chi connectivity index (χ0v) is 13.4. The van der Waals surface area contributed by atoms with Gasteiger partial charge in [0, 0.05) is 23.3 Å². The zero-order chi connectivity index (χ0) is 14.7. The lowest BCUT2D eigenvalue weighted by molar-refractivity contribution is 0.296. The molecule has 0 unspecified atom stereocenters. The van der Waals surface area contributed by atoms with Crippen LogP contribution in [-0.4, -0.2) is 27.4 Å². The fourth-order valence-corrected chi connectivity index (χ4v) is 4.06. The maximum Gasteiger partial charge on any atom is 0.128 e. The molecule has 0 aliphatic rings. The monoisotopic (exact) mass is 316 g/mol. The van der Waals surface area contributed by atoms with E-state index in [1.54, 1.807) is 29.4 Å². The van der Waals surface area contributed by atoms with E-state index in [0.717, 1.165) is 27.4 Å². The summed E-state index contributed by atoms with van der Waals surface area (Å²) in [6.45, 7) is 2.31. The molecule has 0 saturated heterocycles. The number of aliphatic hydroxyl groups is 1. The Hall–Kier alpha value is -1.43. The van der Waals surface area contributed by atoms with Crippen LogP contribution in [0.25, 0.3) is 21.3 Å². The van der Waals surface area contributed by atoms with Crippen molar-refractivity contribution in [1.29, 1.82) is 0 Å². The van der Waals surface area contributed by atoms with Crippen molar-refractivity contribution >= 4 is 33.3 Å². The van der Waals surface area contributed by atoms with Gasteiger partial charge in [-0.3, -0.25) is 0 Å². The summed E-state index contributed by atoms with van der Waals surface area (Å²) in [5.74, 6) is 0.867. The van der Waals surface area contributed by atoms with Gasteiger partial charge in [0.15, 0.2) is 0 Å². The van der Waals surface area contributed by atoms with Crippen LogP contribution in [-0.2, 0) is 0 Å². The second-order valence-corrected chi connectivity index (χ2v) is 6.74. The Labute approximate surface area is 132 Å². The summed E-state index contributed by atoms with van der Waals surface area (Å²) >= 11 is 3.34. The SMILES string of the molecule is Cc1ccc(-c2csc3ncnc(SCCCO)c23)cc1. The quantitative estimate of drug-likeness (QED) is 0.436. The highest BCUT2D eigenvalue weighted by Crippen LogP contribution is 2.37. The maximum atomic E-state index is 8.93. The van der Waals surface area contributed by atoms with Gasteiger partial charge in [0.1, 0.15) is 16.2 Å². The third-order valence-electron chi connectivity index (χ3n) is 3.24. The number of rotatable bonds is 5. The van der Waals surface area contributed by atoms with E-state index in [1.165, 1.54) is 16.7 Å². The highest BCUT2D eigenvalue weighted by Gasteiger charge is 2.13. The lowest BCUT2D eigenvalue weighted by Crippen LogP contribution is -1.90. The first kappa shape index (κ1) is 14.5. The van der Waals surface area contributed by atoms with Crippen molar-refractivity contribution in [2.75, 3.05) is 12.4 Å². The first-order valence-electron chi connectivity index (χ1n) is 6.82. The van der Waals surface area contributed by atoms with Crippen LogP contribution in [0.5, 0.6) is 0 Å². The highest BCUT2D eigenvalue weighted by atomic mass is 32.2. The van der Waals surface area contributed by atoms with Gasteiger partial charge in [0.05, 0.1) is 5.39 Å². The van der Waals surface area contributed by atoms with E-state index in [4.69, 9.17) is 5.11 Å². The van der Waals surface area contributed by atoms with E-state index < -0.39 is 0 Å². The molecule has 0 amide bonds. The topological polar surface area (TPSA) is 46.0 Å². The molecule has 108 valence electrons. The number of thioether (sulfide) groups is 1. The summed E-state index contributed by atoms with van der Waals surface area (Å²) in [5.41, 5.74) is 3.65. The van der Waals surface area contributed by atoms with Crippen molar-refractivity contribution in [2.45, 2.75) is 18.4 Å². The standard InChI is InChI=1S/C16H16N2OS2/c1-11-3-5-12(6-4-11)13-9-21-16-14(13)15(17-10-18-16)20-8-2-7-19/h3-6,9-10,19H,2,7-8H2,1H3. The molecule has 0 aliphatic carbocycles. The average molecular weight is 316 g/mol. The third kappa shape index (κ3) is 3.10. The minimum atomic E-state index is 0.218. The van der Waals surface area contributed by atoms with Crippen LogP contribution in [0.3, 0.4) is 0 Å². The molecule has 0 radical (unpaired) electrons. The number of benzene rings is 1. The van der Waals surface area contributed by atoms with Gasteiger partial charge in [-0.15, -0.1) is 23.1 Å². The predicted molar refractivity (Wildman–Crippen MR) is 90.0 cm³/mol. The fraction of sp³-hybridized carbons (Fsp3) is 0.250.